The van der Waals surface area contributed by atoms with Crippen LogP contribution in [0.2, 0.25) is 0 Å². The first-order valence-corrected chi connectivity index (χ1v) is 8.71. The highest BCUT2D eigenvalue weighted by atomic mass is 32.2. The second kappa shape index (κ2) is 7.06. The first-order valence-electron chi connectivity index (χ1n) is 7.72. The zero-order chi connectivity index (χ0) is 17.1. The molecule has 0 spiro atoms. The van der Waals surface area contributed by atoms with Gasteiger partial charge in [-0.15, -0.1) is 0 Å². The van der Waals surface area contributed by atoms with Crippen molar-refractivity contribution in [1.82, 2.24) is 20.0 Å². The van der Waals surface area contributed by atoms with E-state index >= 15 is 0 Å². The molecule has 2 aromatic heterocycles. The number of para-hydroxylation sites is 1. The molecular weight excluding hydrogens is 328 g/mol. The van der Waals surface area contributed by atoms with Gasteiger partial charge in [0, 0.05) is 29.6 Å². The van der Waals surface area contributed by atoms with Gasteiger partial charge in [0.15, 0.2) is 5.16 Å². The van der Waals surface area contributed by atoms with Crippen molar-refractivity contribution < 1.29 is 10.0 Å². The Bertz CT molecular complexity index is 948. The number of hydrogen-bond acceptors (Lipinski definition) is 5. The molecule has 0 unspecified atom stereocenters. The number of rotatable bonds is 6. The van der Waals surface area contributed by atoms with Gasteiger partial charge in [-0.25, -0.2) is 10.5 Å². The van der Waals surface area contributed by atoms with Crippen molar-refractivity contribution in [2.24, 2.45) is 0 Å². The molecule has 126 valence electrons. The number of aromatic amines is 1. The second-order valence-electron chi connectivity index (χ2n) is 5.32. The van der Waals surface area contributed by atoms with Gasteiger partial charge in [0.05, 0.1) is 0 Å². The van der Waals surface area contributed by atoms with Crippen LogP contribution < -0.4 is 11.0 Å². The molecule has 1 amide bonds. The van der Waals surface area contributed by atoms with Gasteiger partial charge in [-0.3, -0.25) is 19.4 Å². The molecule has 0 aliphatic carbocycles. The summed E-state index contributed by atoms with van der Waals surface area (Å²) in [5.41, 5.74) is 3.61. The number of benzene rings is 1. The molecule has 3 rings (SSSR count). The number of nitrogens with one attached hydrogen (secondary N) is 2. The van der Waals surface area contributed by atoms with Gasteiger partial charge in [-0.1, -0.05) is 30.0 Å². The van der Waals surface area contributed by atoms with Crippen LogP contribution in [0.25, 0.3) is 21.9 Å². The summed E-state index contributed by atoms with van der Waals surface area (Å²) in [6, 6.07) is 7.70. The Balaban J connectivity index is 1.96. The third kappa shape index (κ3) is 3.02. The molecule has 0 saturated carbocycles. The van der Waals surface area contributed by atoms with E-state index in [4.69, 9.17) is 5.21 Å². The first-order chi connectivity index (χ1) is 11.7. The van der Waals surface area contributed by atoms with E-state index in [0.29, 0.717) is 34.9 Å². The Morgan fingerprint density at radius 3 is 2.96 bits per heavy atom. The lowest BCUT2D eigenvalue weighted by Crippen LogP contribution is -2.22. The van der Waals surface area contributed by atoms with Crippen molar-refractivity contribution in [3.8, 4) is 0 Å². The molecule has 3 aromatic rings. The molecule has 24 heavy (non-hydrogen) atoms. The van der Waals surface area contributed by atoms with Crippen LogP contribution in [-0.4, -0.2) is 31.4 Å². The van der Waals surface area contributed by atoms with E-state index in [1.54, 1.807) is 10.0 Å². The van der Waals surface area contributed by atoms with E-state index in [1.165, 1.54) is 11.8 Å². The van der Waals surface area contributed by atoms with Crippen LogP contribution in [0.5, 0.6) is 0 Å². The van der Waals surface area contributed by atoms with Gasteiger partial charge >= 0.3 is 0 Å². The number of fused-ring (bicyclic) bond motifs is 3. The molecule has 0 atom stereocenters. The van der Waals surface area contributed by atoms with Crippen LogP contribution in [0.15, 0.2) is 34.2 Å². The molecule has 0 aliphatic rings. The zero-order valence-electron chi connectivity index (χ0n) is 13.2. The normalized spacial score (nSPS) is 11.2. The Labute approximate surface area is 142 Å². The maximum atomic E-state index is 12.7. The van der Waals surface area contributed by atoms with Crippen LogP contribution >= 0.6 is 11.8 Å². The van der Waals surface area contributed by atoms with Crippen molar-refractivity contribution in [1.29, 1.82) is 0 Å². The molecule has 8 heteroatoms. The van der Waals surface area contributed by atoms with Gasteiger partial charge in [0.2, 0.25) is 5.91 Å². The summed E-state index contributed by atoms with van der Waals surface area (Å²) in [6.07, 6.45) is 0.817. The van der Waals surface area contributed by atoms with E-state index < -0.39 is 5.91 Å². The fourth-order valence-corrected chi connectivity index (χ4v) is 3.61. The predicted octanol–water partition coefficient (Wildman–Crippen LogP) is 2.28. The fraction of sp³-hybridized carbons (Fsp3) is 0.312. The summed E-state index contributed by atoms with van der Waals surface area (Å²) < 4.78 is 1.63. The minimum Gasteiger partial charge on any atom is -0.349 e. The van der Waals surface area contributed by atoms with Gasteiger partial charge in [-0.2, -0.15) is 0 Å². The number of amides is 1. The summed E-state index contributed by atoms with van der Waals surface area (Å²) in [4.78, 5) is 31.6. The van der Waals surface area contributed by atoms with E-state index in [2.05, 4.69) is 9.97 Å². The number of nitrogens with zero attached hydrogens (tertiary/aromatic N) is 2. The highest BCUT2D eigenvalue weighted by molar-refractivity contribution is 7.99. The lowest BCUT2D eigenvalue weighted by Gasteiger charge is -2.09. The molecule has 0 radical (unpaired) electrons. The Morgan fingerprint density at radius 1 is 1.42 bits per heavy atom. The van der Waals surface area contributed by atoms with Gasteiger partial charge < -0.3 is 4.98 Å². The molecule has 0 bridgehead atoms. The maximum Gasteiger partial charge on any atom is 0.278 e. The van der Waals surface area contributed by atoms with Crippen LogP contribution in [0.1, 0.15) is 19.8 Å². The number of carbonyl (C=O) groups excluding carboxylic acids is 1. The summed E-state index contributed by atoms with van der Waals surface area (Å²) in [5, 5.41) is 10.1. The van der Waals surface area contributed by atoms with E-state index in [9.17, 15) is 9.59 Å². The maximum absolute atomic E-state index is 12.7. The van der Waals surface area contributed by atoms with Crippen LogP contribution in [0.3, 0.4) is 0 Å². The van der Waals surface area contributed by atoms with Gasteiger partial charge in [0.25, 0.3) is 5.56 Å². The number of thioether (sulfide) groups is 1. The Kier molecular flexibility index (Phi) is 4.86. The van der Waals surface area contributed by atoms with Crippen molar-refractivity contribution in [3.05, 3.63) is 34.6 Å². The molecule has 0 fully saturated rings. The Hall–Kier alpha value is -2.32. The van der Waals surface area contributed by atoms with Crippen molar-refractivity contribution in [2.45, 2.75) is 31.5 Å². The molecule has 7 nitrogen and oxygen atoms in total. The standard InChI is InChI=1S/C16H18N4O3S/c1-2-20-15(22)14-13(10-6-3-4-7-11(10)17-14)18-16(20)24-9-5-8-12(21)19-23/h3-4,6-7,17,23H,2,5,8-9H2,1H3,(H,19,21). The SMILES string of the molecule is CCn1c(SCCCC(=O)NO)nc2c([nH]c3ccccc32)c1=O. The minimum absolute atomic E-state index is 0.0886. The molecular formula is C16H18N4O3S. The van der Waals surface area contributed by atoms with Crippen LogP contribution in [0.4, 0.5) is 0 Å². The number of hydroxylamine groups is 1. The quantitative estimate of drug-likeness (QED) is 0.209. The van der Waals surface area contributed by atoms with E-state index in [-0.39, 0.29) is 12.0 Å². The number of H-pyrrole nitrogens is 1. The lowest BCUT2D eigenvalue weighted by atomic mass is 10.2. The number of hydrogen-bond donors (Lipinski definition) is 3. The fourth-order valence-electron chi connectivity index (χ4n) is 2.62. The highest BCUT2D eigenvalue weighted by Crippen LogP contribution is 2.24. The monoisotopic (exact) mass is 346 g/mol. The van der Waals surface area contributed by atoms with Crippen LogP contribution in [0, 0.1) is 0 Å². The van der Waals surface area contributed by atoms with Crippen molar-refractivity contribution in [3.63, 3.8) is 0 Å². The average molecular weight is 346 g/mol. The minimum atomic E-state index is -0.413. The molecule has 2 heterocycles. The second-order valence-corrected chi connectivity index (χ2v) is 6.39. The van der Waals surface area contributed by atoms with Gasteiger partial charge in [-0.05, 0) is 19.4 Å². The van der Waals surface area contributed by atoms with Gasteiger partial charge in [0.1, 0.15) is 11.0 Å². The van der Waals surface area contributed by atoms with Crippen molar-refractivity contribution in [2.75, 3.05) is 5.75 Å². The number of aromatic nitrogens is 3. The van der Waals surface area contributed by atoms with E-state index in [1.807, 2.05) is 31.2 Å². The zero-order valence-corrected chi connectivity index (χ0v) is 14.0. The topological polar surface area (TPSA) is 100 Å². The first kappa shape index (κ1) is 16.5. The smallest absolute Gasteiger partial charge is 0.278 e. The Morgan fingerprint density at radius 2 is 2.21 bits per heavy atom. The summed E-state index contributed by atoms with van der Waals surface area (Å²) in [5.74, 6) is 0.219. The molecule has 3 N–H and O–H groups in total. The largest absolute Gasteiger partial charge is 0.349 e. The predicted molar refractivity (Wildman–Crippen MR) is 93.4 cm³/mol. The molecule has 0 aliphatic heterocycles. The van der Waals surface area contributed by atoms with E-state index in [0.717, 1.165) is 10.9 Å². The average Bonchev–Trinajstić information content (AvgIpc) is 2.98. The lowest BCUT2D eigenvalue weighted by molar-refractivity contribution is -0.129. The third-order valence-electron chi connectivity index (χ3n) is 3.80. The molecule has 0 saturated heterocycles. The van der Waals surface area contributed by atoms with Crippen molar-refractivity contribution >= 4 is 39.6 Å². The summed E-state index contributed by atoms with van der Waals surface area (Å²) in [7, 11) is 0. The number of carbonyl (C=O) groups is 1. The molecule has 1 aromatic carbocycles. The van der Waals surface area contributed by atoms with Crippen LogP contribution in [-0.2, 0) is 11.3 Å². The highest BCUT2D eigenvalue weighted by Gasteiger charge is 2.14. The summed E-state index contributed by atoms with van der Waals surface area (Å²) >= 11 is 1.44. The summed E-state index contributed by atoms with van der Waals surface area (Å²) in [6.45, 7) is 2.43. The third-order valence-corrected chi connectivity index (χ3v) is 4.86.